The predicted molar refractivity (Wildman–Crippen MR) is 110 cm³/mol. The van der Waals surface area contributed by atoms with E-state index in [0.717, 1.165) is 19.5 Å². The lowest BCUT2D eigenvalue weighted by atomic mass is 9.73. The molecule has 4 nitrogen and oxygen atoms in total. The molecule has 1 atom stereocenters. The number of hydrogen-bond acceptors (Lipinski definition) is 3. The molecule has 0 bridgehead atoms. The molecule has 1 aliphatic carbocycles. The number of anilines is 1. The number of piperidine rings is 1. The minimum Gasteiger partial charge on any atom is -0.371 e. The van der Waals surface area contributed by atoms with Crippen LogP contribution in [0.25, 0.3) is 0 Å². The highest BCUT2D eigenvalue weighted by Gasteiger charge is 2.45. The number of nitrogens with one attached hydrogen (secondary N) is 1. The Morgan fingerprint density at radius 1 is 1.07 bits per heavy atom. The number of benzene rings is 2. The molecule has 4 heteroatoms. The van der Waals surface area contributed by atoms with Crippen molar-refractivity contribution < 1.29 is 4.79 Å². The number of likely N-dealkylation sites (N-methyl/N-ethyl adjacent to an activating group) is 1. The maximum absolute atomic E-state index is 12.0. The average molecular weight is 364 g/mol. The van der Waals surface area contributed by atoms with Gasteiger partial charge in [-0.05, 0) is 42.5 Å². The van der Waals surface area contributed by atoms with E-state index in [1.165, 1.54) is 29.7 Å². The van der Waals surface area contributed by atoms with E-state index in [0.29, 0.717) is 6.54 Å². The van der Waals surface area contributed by atoms with Crippen LogP contribution in [0.5, 0.6) is 0 Å². The first-order valence-electron chi connectivity index (χ1n) is 9.92. The largest absolute Gasteiger partial charge is 0.371 e. The molecule has 1 amide bonds. The summed E-state index contributed by atoms with van der Waals surface area (Å²) in [6.07, 6.45) is 3.42. The predicted octanol–water partition coefficient (Wildman–Crippen LogP) is 3.35. The van der Waals surface area contributed by atoms with Crippen molar-refractivity contribution in [3.8, 4) is 0 Å². The van der Waals surface area contributed by atoms with E-state index in [-0.39, 0.29) is 17.4 Å². The van der Waals surface area contributed by atoms with Crippen molar-refractivity contribution in [2.75, 3.05) is 38.6 Å². The van der Waals surface area contributed by atoms with Gasteiger partial charge in [-0.15, -0.1) is 0 Å². The van der Waals surface area contributed by atoms with E-state index in [1.54, 1.807) is 4.90 Å². The summed E-state index contributed by atoms with van der Waals surface area (Å²) in [4.78, 5) is 16.2. The number of rotatable bonds is 4. The van der Waals surface area contributed by atoms with Crippen LogP contribution >= 0.6 is 0 Å². The summed E-state index contributed by atoms with van der Waals surface area (Å²) in [7, 11) is 3.63. The van der Waals surface area contributed by atoms with E-state index in [9.17, 15) is 4.79 Å². The lowest BCUT2D eigenvalue weighted by molar-refractivity contribution is -0.127. The molecule has 1 unspecified atom stereocenters. The summed E-state index contributed by atoms with van der Waals surface area (Å²) in [5.41, 5.74) is 4.44. The highest BCUT2D eigenvalue weighted by Crippen LogP contribution is 2.50. The van der Waals surface area contributed by atoms with Gasteiger partial charge in [-0.1, -0.05) is 42.5 Å². The fourth-order valence-electron chi connectivity index (χ4n) is 4.75. The molecule has 2 aromatic rings. The summed E-state index contributed by atoms with van der Waals surface area (Å²) in [5.74, 6) is 0.132. The van der Waals surface area contributed by atoms with Crippen LogP contribution in [0, 0.1) is 0 Å². The Bertz CT molecular complexity index is 794. The van der Waals surface area contributed by atoms with Crippen LogP contribution in [0.2, 0.25) is 0 Å². The molecule has 4 rings (SSSR count). The number of nitrogens with zero attached hydrogens (tertiary/aromatic N) is 2. The quantitative estimate of drug-likeness (QED) is 0.905. The van der Waals surface area contributed by atoms with Crippen LogP contribution in [0.1, 0.15) is 36.4 Å². The molecule has 0 radical (unpaired) electrons. The zero-order valence-electron chi connectivity index (χ0n) is 16.3. The molecule has 2 aromatic carbocycles. The smallest absolute Gasteiger partial charge is 0.236 e. The van der Waals surface area contributed by atoms with Gasteiger partial charge in [-0.25, -0.2) is 0 Å². The van der Waals surface area contributed by atoms with E-state index in [2.05, 4.69) is 64.8 Å². The molecule has 1 N–H and O–H groups in total. The third kappa shape index (κ3) is 3.46. The minimum atomic E-state index is 0.132. The molecule has 0 aromatic heterocycles. The zero-order valence-corrected chi connectivity index (χ0v) is 16.3. The first kappa shape index (κ1) is 18.1. The highest BCUT2D eigenvalue weighted by molar-refractivity contribution is 5.77. The van der Waals surface area contributed by atoms with Crippen molar-refractivity contribution in [1.29, 1.82) is 0 Å². The van der Waals surface area contributed by atoms with Crippen LogP contribution in [0.15, 0.2) is 54.6 Å². The molecule has 0 saturated carbocycles. The van der Waals surface area contributed by atoms with Gasteiger partial charge in [0.1, 0.15) is 0 Å². The third-order valence-corrected chi connectivity index (χ3v) is 6.34. The van der Waals surface area contributed by atoms with Crippen molar-refractivity contribution >= 4 is 11.6 Å². The van der Waals surface area contributed by atoms with Crippen molar-refractivity contribution in [3.63, 3.8) is 0 Å². The fourth-order valence-corrected chi connectivity index (χ4v) is 4.75. The van der Waals surface area contributed by atoms with Gasteiger partial charge in [-0.2, -0.15) is 0 Å². The SMILES string of the molecule is CN(C)C(=O)CNC1CC2(CCN(c3ccccc3)CC2)c2ccccc21. The number of para-hydroxylation sites is 1. The van der Waals surface area contributed by atoms with Crippen LogP contribution in [-0.2, 0) is 10.2 Å². The van der Waals surface area contributed by atoms with E-state index in [4.69, 9.17) is 0 Å². The summed E-state index contributed by atoms with van der Waals surface area (Å²) in [6, 6.07) is 19.8. The Morgan fingerprint density at radius 3 is 2.44 bits per heavy atom. The van der Waals surface area contributed by atoms with Gasteiger partial charge in [0.2, 0.25) is 5.91 Å². The maximum atomic E-state index is 12.0. The van der Waals surface area contributed by atoms with Gasteiger partial charge in [0.15, 0.2) is 0 Å². The topological polar surface area (TPSA) is 35.6 Å². The molecule has 1 fully saturated rings. The van der Waals surface area contributed by atoms with Crippen molar-refractivity contribution in [2.45, 2.75) is 30.7 Å². The van der Waals surface area contributed by atoms with E-state index >= 15 is 0 Å². The Kier molecular flexibility index (Phi) is 4.92. The van der Waals surface area contributed by atoms with Gasteiger partial charge in [0.05, 0.1) is 6.54 Å². The summed E-state index contributed by atoms with van der Waals surface area (Å²) in [5, 5.41) is 3.53. The van der Waals surface area contributed by atoms with Gasteiger partial charge in [0.25, 0.3) is 0 Å². The number of carbonyl (C=O) groups excluding carboxylic acids is 1. The summed E-state index contributed by atoms with van der Waals surface area (Å²) >= 11 is 0. The third-order valence-electron chi connectivity index (χ3n) is 6.34. The van der Waals surface area contributed by atoms with Gasteiger partial charge in [-0.3, -0.25) is 4.79 Å². The average Bonchev–Trinajstić information content (AvgIpc) is 3.01. The second kappa shape index (κ2) is 7.35. The first-order valence-corrected chi connectivity index (χ1v) is 9.92. The Morgan fingerprint density at radius 2 is 1.74 bits per heavy atom. The summed E-state index contributed by atoms with van der Waals surface area (Å²) < 4.78 is 0. The summed E-state index contributed by atoms with van der Waals surface area (Å²) in [6.45, 7) is 2.57. The lowest BCUT2D eigenvalue weighted by Crippen LogP contribution is -2.42. The van der Waals surface area contributed by atoms with Gasteiger partial charge >= 0.3 is 0 Å². The monoisotopic (exact) mass is 363 g/mol. The molecule has 1 aliphatic heterocycles. The normalized spacial score (nSPS) is 20.5. The second-order valence-electron chi connectivity index (χ2n) is 8.12. The molecule has 1 saturated heterocycles. The van der Waals surface area contributed by atoms with Gasteiger partial charge in [0, 0.05) is 44.3 Å². The number of carbonyl (C=O) groups is 1. The molecular formula is C23H29N3O. The molecular weight excluding hydrogens is 334 g/mol. The number of amides is 1. The second-order valence-corrected chi connectivity index (χ2v) is 8.12. The lowest BCUT2D eigenvalue weighted by Gasteiger charge is -2.41. The van der Waals surface area contributed by atoms with Crippen LogP contribution in [0.4, 0.5) is 5.69 Å². The fraction of sp³-hybridized carbons (Fsp3) is 0.435. The van der Waals surface area contributed by atoms with Crippen LogP contribution in [0.3, 0.4) is 0 Å². The molecule has 27 heavy (non-hydrogen) atoms. The Hall–Kier alpha value is -2.33. The Balaban J connectivity index is 1.50. The number of hydrogen-bond donors (Lipinski definition) is 1. The number of fused-ring (bicyclic) bond motifs is 2. The minimum absolute atomic E-state index is 0.132. The van der Waals surface area contributed by atoms with Crippen LogP contribution in [-0.4, -0.2) is 44.5 Å². The highest BCUT2D eigenvalue weighted by atomic mass is 16.2. The zero-order chi connectivity index (χ0) is 18.9. The van der Waals surface area contributed by atoms with Gasteiger partial charge < -0.3 is 15.1 Å². The van der Waals surface area contributed by atoms with Crippen molar-refractivity contribution in [1.82, 2.24) is 10.2 Å². The Labute approximate surface area is 162 Å². The van der Waals surface area contributed by atoms with Crippen molar-refractivity contribution in [3.05, 3.63) is 65.7 Å². The van der Waals surface area contributed by atoms with E-state index < -0.39 is 0 Å². The van der Waals surface area contributed by atoms with Crippen LogP contribution < -0.4 is 10.2 Å². The first-order chi connectivity index (χ1) is 13.1. The molecule has 1 spiro atoms. The molecule has 2 aliphatic rings. The molecule has 1 heterocycles. The maximum Gasteiger partial charge on any atom is 0.236 e. The molecule has 142 valence electrons. The van der Waals surface area contributed by atoms with E-state index in [1.807, 2.05) is 14.1 Å². The van der Waals surface area contributed by atoms with Crippen molar-refractivity contribution in [2.24, 2.45) is 0 Å². The standard InChI is InChI=1S/C23H29N3O/c1-25(2)22(27)17-24-21-16-23(20-11-7-6-10-19(20)21)12-14-26(15-13-23)18-8-4-3-5-9-18/h3-11,21,24H,12-17H2,1-2H3.